The van der Waals surface area contributed by atoms with Gasteiger partial charge in [0.25, 0.3) is 0 Å². The fourth-order valence-corrected chi connectivity index (χ4v) is 2.44. The molecule has 0 amide bonds. The van der Waals surface area contributed by atoms with Crippen molar-refractivity contribution in [1.29, 1.82) is 0 Å². The van der Waals surface area contributed by atoms with Crippen molar-refractivity contribution in [1.82, 2.24) is 19.9 Å². The number of hydrogen-bond acceptors (Lipinski definition) is 6. The zero-order valence-electron chi connectivity index (χ0n) is 13.3. The van der Waals surface area contributed by atoms with Gasteiger partial charge in [0, 0.05) is 23.9 Å². The largest absolute Gasteiger partial charge is 0.363 e. The normalized spacial score (nSPS) is 11.0. The fraction of sp³-hybridized carbons (Fsp3) is 0.118. The van der Waals surface area contributed by atoms with Crippen LogP contribution >= 0.6 is 0 Å². The average Bonchev–Trinajstić information content (AvgIpc) is 3.35. The van der Waals surface area contributed by atoms with Crippen LogP contribution in [0, 0.1) is 12.7 Å². The van der Waals surface area contributed by atoms with Gasteiger partial charge in [-0.25, -0.2) is 9.37 Å². The average molecular weight is 339 g/mol. The van der Waals surface area contributed by atoms with Gasteiger partial charge in [0.2, 0.25) is 0 Å². The Labute approximate surface area is 142 Å². The van der Waals surface area contributed by atoms with Crippen LogP contribution in [0.25, 0.3) is 16.9 Å². The number of benzene rings is 1. The van der Waals surface area contributed by atoms with Crippen LogP contribution < -0.4 is 5.32 Å². The summed E-state index contributed by atoms with van der Waals surface area (Å²) in [6.45, 7) is 2.25. The molecule has 0 atom stereocenters. The van der Waals surface area contributed by atoms with E-state index in [-0.39, 0.29) is 5.82 Å². The first-order valence-electron chi connectivity index (χ1n) is 7.60. The predicted molar refractivity (Wildman–Crippen MR) is 87.6 cm³/mol. The lowest BCUT2D eigenvalue weighted by Crippen LogP contribution is -1.97. The monoisotopic (exact) mass is 339 g/mol. The standard InChI is InChI=1S/C17H14FN5O2/c1-11-9-23(10-20-11)16-3-2-12(6-14(16)18)15-7-13(25-21-15)8-19-17-4-5-24-22-17/h2-7,9-10H,8H2,1H3,(H,19,22). The van der Waals surface area contributed by atoms with Crippen molar-refractivity contribution in [2.24, 2.45) is 0 Å². The van der Waals surface area contributed by atoms with Crippen molar-refractivity contribution < 1.29 is 13.4 Å². The number of nitrogens with one attached hydrogen (secondary N) is 1. The number of aromatic nitrogens is 4. The molecule has 3 aromatic heterocycles. The highest BCUT2D eigenvalue weighted by molar-refractivity contribution is 5.61. The number of halogens is 1. The molecule has 4 aromatic rings. The van der Waals surface area contributed by atoms with Gasteiger partial charge in [-0.2, -0.15) is 0 Å². The maximum atomic E-state index is 14.4. The Bertz CT molecular complexity index is 990. The highest BCUT2D eigenvalue weighted by Crippen LogP contribution is 2.24. The van der Waals surface area contributed by atoms with Crippen LogP contribution in [0.15, 0.2) is 58.2 Å². The highest BCUT2D eigenvalue weighted by atomic mass is 19.1. The van der Waals surface area contributed by atoms with Crippen molar-refractivity contribution in [3.05, 3.63) is 66.4 Å². The van der Waals surface area contributed by atoms with E-state index in [1.165, 1.54) is 12.3 Å². The van der Waals surface area contributed by atoms with Crippen LogP contribution in [0.4, 0.5) is 10.2 Å². The number of nitrogens with zero attached hydrogens (tertiary/aromatic N) is 4. The molecule has 0 aliphatic heterocycles. The van der Waals surface area contributed by atoms with Gasteiger partial charge in [0.05, 0.1) is 24.3 Å². The molecule has 25 heavy (non-hydrogen) atoms. The lowest BCUT2D eigenvalue weighted by atomic mass is 10.1. The summed E-state index contributed by atoms with van der Waals surface area (Å²) < 4.78 is 26.1. The molecule has 7 nitrogen and oxygen atoms in total. The van der Waals surface area contributed by atoms with E-state index in [9.17, 15) is 4.39 Å². The summed E-state index contributed by atoms with van der Waals surface area (Å²) in [5, 5.41) is 10.8. The third-order valence-electron chi connectivity index (χ3n) is 3.67. The zero-order valence-corrected chi connectivity index (χ0v) is 13.3. The van der Waals surface area contributed by atoms with Crippen LogP contribution in [0.3, 0.4) is 0 Å². The van der Waals surface area contributed by atoms with Gasteiger partial charge < -0.3 is 18.9 Å². The van der Waals surface area contributed by atoms with Crippen LogP contribution in [0.1, 0.15) is 11.5 Å². The molecule has 4 rings (SSSR count). The number of imidazole rings is 1. The SMILES string of the molecule is Cc1cn(-c2ccc(-c3cc(CNc4ccon4)on3)cc2F)cn1. The van der Waals surface area contributed by atoms with Gasteiger partial charge in [-0.1, -0.05) is 16.4 Å². The molecular weight excluding hydrogens is 325 g/mol. The van der Waals surface area contributed by atoms with Crippen LogP contribution in [0.2, 0.25) is 0 Å². The van der Waals surface area contributed by atoms with E-state index < -0.39 is 0 Å². The number of anilines is 1. The number of aryl methyl sites for hydroxylation is 1. The highest BCUT2D eigenvalue weighted by Gasteiger charge is 2.11. The first-order chi connectivity index (χ1) is 12.2. The first kappa shape index (κ1) is 15.1. The van der Waals surface area contributed by atoms with Crippen LogP contribution in [-0.2, 0) is 6.54 Å². The number of hydrogen-bond donors (Lipinski definition) is 1. The fourth-order valence-electron chi connectivity index (χ4n) is 2.44. The predicted octanol–water partition coefficient (Wildman–Crippen LogP) is 3.57. The molecule has 0 unspecified atom stereocenters. The molecule has 126 valence electrons. The Morgan fingerprint density at radius 2 is 2.12 bits per heavy atom. The van der Waals surface area contributed by atoms with Gasteiger partial charge in [-0.15, -0.1) is 0 Å². The summed E-state index contributed by atoms with van der Waals surface area (Å²) in [6, 6.07) is 8.36. The minimum absolute atomic E-state index is 0.361. The Morgan fingerprint density at radius 1 is 1.20 bits per heavy atom. The molecule has 0 spiro atoms. The minimum atomic E-state index is -0.361. The third kappa shape index (κ3) is 3.14. The quantitative estimate of drug-likeness (QED) is 0.598. The van der Waals surface area contributed by atoms with E-state index in [0.29, 0.717) is 35.1 Å². The molecule has 1 aromatic carbocycles. The van der Waals surface area contributed by atoms with Gasteiger partial charge in [-0.05, 0) is 19.1 Å². The Balaban J connectivity index is 1.53. The van der Waals surface area contributed by atoms with Gasteiger partial charge in [0.1, 0.15) is 17.8 Å². The zero-order chi connectivity index (χ0) is 17.2. The Hall–Kier alpha value is -3.42. The summed E-state index contributed by atoms with van der Waals surface area (Å²) in [6.07, 6.45) is 4.82. The second-order valence-corrected chi connectivity index (χ2v) is 5.51. The molecule has 8 heteroatoms. The van der Waals surface area contributed by atoms with Gasteiger partial charge in [-0.3, -0.25) is 0 Å². The summed E-state index contributed by atoms with van der Waals surface area (Å²) >= 11 is 0. The molecule has 0 saturated carbocycles. The van der Waals surface area contributed by atoms with Gasteiger partial charge in [0.15, 0.2) is 11.6 Å². The van der Waals surface area contributed by atoms with E-state index in [0.717, 1.165) is 5.69 Å². The topological polar surface area (TPSA) is 81.9 Å². The molecule has 0 radical (unpaired) electrons. The second-order valence-electron chi connectivity index (χ2n) is 5.51. The summed E-state index contributed by atoms with van der Waals surface area (Å²) in [5.74, 6) is 0.844. The van der Waals surface area contributed by atoms with Gasteiger partial charge >= 0.3 is 0 Å². The molecule has 0 aliphatic carbocycles. The molecule has 3 heterocycles. The molecule has 0 bridgehead atoms. The van der Waals surface area contributed by atoms with E-state index >= 15 is 0 Å². The number of rotatable bonds is 5. The minimum Gasteiger partial charge on any atom is -0.363 e. The molecule has 0 aliphatic rings. The Kier molecular flexibility index (Phi) is 3.77. The van der Waals surface area contributed by atoms with Crippen molar-refractivity contribution in [3.63, 3.8) is 0 Å². The smallest absolute Gasteiger partial charge is 0.169 e. The molecule has 0 fully saturated rings. The van der Waals surface area contributed by atoms with Crippen LogP contribution in [-0.4, -0.2) is 19.9 Å². The van der Waals surface area contributed by atoms with E-state index in [1.807, 2.05) is 6.92 Å². The maximum Gasteiger partial charge on any atom is 0.169 e. The maximum absolute atomic E-state index is 14.4. The molecule has 1 N–H and O–H groups in total. The summed E-state index contributed by atoms with van der Waals surface area (Å²) in [7, 11) is 0. The molecular formula is C17H14FN5O2. The summed E-state index contributed by atoms with van der Waals surface area (Å²) in [5.41, 5.74) is 2.45. The van der Waals surface area contributed by atoms with Crippen molar-refractivity contribution in [2.75, 3.05) is 5.32 Å². The first-order valence-corrected chi connectivity index (χ1v) is 7.60. The van der Waals surface area contributed by atoms with Crippen molar-refractivity contribution in [3.8, 4) is 16.9 Å². The van der Waals surface area contributed by atoms with E-state index in [4.69, 9.17) is 9.05 Å². The molecule has 0 saturated heterocycles. The van der Waals surface area contributed by atoms with Crippen molar-refractivity contribution >= 4 is 5.82 Å². The lowest BCUT2D eigenvalue weighted by Gasteiger charge is -2.05. The Morgan fingerprint density at radius 3 is 2.84 bits per heavy atom. The van der Waals surface area contributed by atoms with Crippen LogP contribution in [0.5, 0.6) is 0 Å². The van der Waals surface area contributed by atoms with E-state index in [2.05, 4.69) is 20.6 Å². The summed E-state index contributed by atoms with van der Waals surface area (Å²) in [4.78, 5) is 4.11. The van der Waals surface area contributed by atoms with Crippen molar-refractivity contribution in [2.45, 2.75) is 13.5 Å². The van der Waals surface area contributed by atoms with E-state index in [1.54, 1.807) is 41.4 Å². The second kappa shape index (κ2) is 6.23. The third-order valence-corrected chi connectivity index (χ3v) is 3.67. The lowest BCUT2D eigenvalue weighted by molar-refractivity contribution is 0.389.